The van der Waals surface area contributed by atoms with E-state index in [0.29, 0.717) is 18.5 Å². The van der Waals surface area contributed by atoms with Crippen LogP contribution in [0, 0.1) is 5.92 Å². The number of aliphatic hydroxyl groups excluding tert-OH is 1. The van der Waals surface area contributed by atoms with Gasteiger partial charge < -0.3 is 10.0 Å². The van der Waals surface area contributed by atoms with Gasteiger partial charge in [-0.15, -0.1) is 0 Å². The number of amides is 1. The van der Waals surface area contributed by atoms with Crippen LogP contribution in [0.1, 0.15) is 12.8 Å². The Labute approximate surface area is 122 Å². The van der Waals surface area contributed by atoms with Gasteiger partial charge in [-0.25, -0.2) is 4.68 Å². The van der Waals surface area contributed by atoms with E-state index in [-0.39, 0.29) is 30.5 Å². The highest BCUT2D eigenvalue weighted by molar-refractivity contribution is 5.79. The Morgan fingerprint density at radius 2 is 2.19 bits per heavy atom. The van der Waals surface area contributed by atoms with Gasteiger partial charge >= 0.3 is 0 Å². The zero-order chi connectivity index (χ0) is 14.8. The number of aliphatic hydroxyl groups is 1. The first-order valence-electron chi connectivity index (χ1n) is 7.25. The molecule has 1 atom stereocenters. The summed E-state index contributed by atoms with van der Waals surface area (Å²) in [5.74, 6) is 0.0731. The van der Waals surface area contributed by atoms with Gasteiger partial charge in [0.25, 0.3) is 5.56 Å². The van der Waals surface area contributed by atoms with Crippen molar-refractivity contribution in [2.75, 3.05) is 19.7 Å². The second-order valence-electron chi connectivity index (χ2n) is 5.58. The van der Waals surface area contributed by atoms with E-state index in [4.69, 9.17) is 0 Å². The number of likely N-dealkylation sites (tertiary alicyclic amines) is 1. The van der Waals surface area contributed by atoms with Crippen molar-refractivity contribution in [1.82, 2.24) is 14.7 Å². The molecule has 6 nitrogen and oxygen atoms in total. The maximum Gasteiger partial charge on any atom is 0.274 e. The molecule has 0 saturated carbocycles. The first-order chi connectivity index (χ1) is 10.2. The molecule has 6 heteroatoms. The molecule has 2 heterocycles. The molecule has 2 aromatic rings. The summed E-state index contributed by atoms with van der Waals surface area (Å²) in [6.07, 6.45) is 1.85. The van der Waals surface area contributed by atoms with E-state index in [1.54, 1.807) is 17.0 Å². The third kappa shape index (κ3) is 2.71. The number of carbonyl (C=O) groups excluding carboxylic acids is 1. The fraction of sp³-hybridized carbons (Fsp3) is 0.467. The van der Waals surface area contributed by atoms with Crippen LogP contribution in [-0.4, -0.2) is 45.4 Å². The van der Waals surface area contributed by atoms with Gasteiger partial charge in [0.15, 0.2) is 0 Å². The van der Waals surface area contributed by atoms with E-state index in [2.05, 4.69) is 5.10 Å². The van der Waals surface area contributed by atoms with Crippen LogP contribution in [-0.2, 0) is 11.3 Å². The molecule has 1 fully saturated rings. The summed E-state index contributed by atoms with van der Waals surface area (Å²) >= 11 is 0. The number of benzene rings is 1. The number of H-pyrrole nitrogens is 1. The number of para-hydroxylation sites is 1. The van der Waals surface area contributed by atoms with E-state index < -0.39 is 0 Å². The number of nitrogens with one attached hydrogen (secondary N) is 1. The summed E-state index contributed by atoms with van der Waals surface area (Å²) in [5.41, 5.74) is 0.567. The Morgan fingerprint density at radius 1 is 1.38 bits per heavy atom. The number of carbonyl (C=O) groups is 1. The molecule has 0 bridgehead atoms. The smallest absolute Gasteiger partial charge is 0.274 e. The number of nitrogens with zero attached hydrogens (tertiary/aromatic N) is 2. The second kappa shape index (κ2) is 5.73. The van der Waals surface area contributed by atoms with Crippen molar-refractivity contribution >= 4 is 16.8 Å². The molecule has 1 aliphatic rings. The summed E-state index contributed by atoms with van der Waals surface area (Å²) in [6.45, 7) is 1.40. The van der Waals surface area contributed by atoms with Gasteiger partial charge in [0.1, 0.15) is 6.54 Å². The maximum absolute atomic E-state index is 12.3. The number of hydrogen-bond donors (Lipinski definition) is 2. The number of aromatic nitrogens is 2. The predicted octanol–water partition coefficient (Wildman–Crippen LogP) is 0.560. The lowest BCUT2D eigenvalue weighted by Gasteiger charge is -2.31. The number of hydrogen-bond acceptors (Lipinski definition) is 3. The van der Waals surface area contributed by atoms with Crippen molar-refractivity contribution in [3.8, 4) is 0 Å². The summed E-state index contributed by atoms with van der Waals surface area (Å²) in [7, 11) is 0. The van der Waals surface area contributed by atoms with Crippen molar-refractivity contribution < 1.29 is 9.90 Å². The van der Waals surface area contributed by atoms with Crippen LogP contribution in [0.2, 0.25) is 0 Å². The Hall–Kier alpha value is -2.08. The topological polar surface area (TPSA) is 78.3 Å². The minimum Gasteiger partial charge on any atom is -0.396 e. The lowest BCUT2D eigenvalue weighted by Crippen LogP contribution is -2.43. The van der Waals surface area contributed by atoms with E-state index in [0.717, 1.165) is 18.4 Å². The summed E-state index contributed by atoms with van der Waals surface area (Å²) in [4.78, 5) is 26.2. The van der Waals surface area contributed by atoms with Gasteiger partial charge in [-0.2, -0.15) is 0 Å². The third-order valence-corrected chi connectivity index (χ3v) is 4.08. The highest BCUT2D eigenvalue weighted by Gasteiger charge is 2.23. The zero-order valence-corrected chi connectivity index (χ0v) is 11.8. The fourth-order valence-electron chi connectivity index (χ4n) is 2.90. The molecule has 0 spiro atoms. The minimum atomic E-state index is -0.172. The van der Waals surface area contributed by atoms with E-state index >= 15 is 0 Å². The highest BCUT2D eigenvalue weighted by Crippen LogP contribution is 2.16. The van der Waals surface area contributed by atoms with Crippen molar-refractivity contribution in [2.24, 2.45) is 5.92 Å². The summed E-state index contributed by atoms with van der Waals surface area (Å²) < 4.78 is 1.36. The van der Waals surface area contributed by atoms with Crippen LogP contribution in [0.3, 0.4) is 0 Å². The van der Waals surface area contributed by atoms with Gasteiger partial charge in [0, 0.05) is 19.7 Å². The van der Waals surface area contributed by atoms with Crippen LogP contribution in [0.4, 0.5) is 0 Å². The van der Waals surface area contributed by atoms with Crippen molar-refractivity contribution in [2.45, 2.75) is 19.4 Å². The molecular weight excluding hydrogens is 270 g/mol. The molecule has 1 amide bonds. The minimum absolute atomic E-state index is 0.0195. The van der Waals surface area contributed by atoms with Crippen molar-refractivity contribution in [3.63, 3.8) is 0 Å². The molecule has 2 N–H and O–H groups in total. The number of fused-ring (bicyclic) bond motifs is 1. The van der Waals surface area contributed by atoms with E-state index in [1.807, 2.05) is 12.1 Å². The van der Waals surface area contributed by atoms with Gasteiger partial charge in [0.05, 0.1) is 10.9 Å². The molecule has 1 aromatic heterocycles. The average Bonchev–Trinajstić information content (AvgIpc) is 2.84. The molecule has 0 aliphatic carbocycles. The molecule has 0 unspecified atom stereocenters. The van der Waals surface area contributed by atoms with E-state index in [9.17, 15) is 14.7 Å². The van der Waals surface area contributed by atoms with Crippen LogP contribution in [0.15, 0.2) is 29.1 Å². The Kier molecular flexibility index (Phi) is 3.79. The second-order valence-corrected chi connectivity index (χ2v) is 5.58. The molecule has 1 aromatic carbocycles. The first-order valence-corrected chi connectivity index (χ1v) is 7.25. The zero-order valence-electron chi connectivity index (χ0n) is 11.8. The maximum atomic E-state index is 12.3. The molecule has 21 heavy (non-hydrogen) atoms. The standard InChI is InChI=1S/C15H19N3O3/c19-10-11-4-3-7-17(8-11)14(20)9-18-15(21)12-5-1-2-6-13(12)16-18/h1-2,5-6,11,16,19H,3-4,7-10H2/t11-/m0/s1. The Balaban J connectivity index is 1.77. The largest absolute Gasteiger partial charge is 0.396 e. The lowest BCUT2D eigenvalue weighted by atomic mass is 9.99. The Bertz CT molecular complexity index is 703. The van der Waals surface area contributed by atoms with E-state index in [1.165, 1.54) is 4.68 Å². The van der Waals surface area contributed by atoms with Gasteiger partial charge in [-0.1, -0.05) is 12.1 Å². The number of aromatic amines is 1. The molecule has 1 saturated heterocycles. The van der Waals surface area contributed by atoms with Gasteiger partial charge in [-0.3, -0.25) is 14.7 Å². The third-order valence-electron chi connectivity index (χ3n) is 4.08. The van der Waals surface area contributed by atoms with Crippen LogP contribution < -0.4 is 5.56 Å². The molecule has 0 radical (unpaired) electrons. The molecule has 1 aliphatic heterocycles. The van der Waals surface area contributed by atoms with Crippen LogP contribution in [0.5, 0.6) is 0 Å². The van der Waals surface area contributed by atoms with Crippen molar-refractivity contribution in [1.29, 1.82) is 0 Å². The summed E-state index contributed by atoms with van der Waals surface area (Å²) in [6, 6.07) is 7.22. The number of piperidine rings is 1. The van der Waals surface area contributed by atoms with Crippen LogP contribution >= 0.6 is 0 Å². The monoisotopic (exact) mass is 289 g/mol. The molecule has 112 valence electrons. The number of rotatable bonds is 3. The SMILES string of the molecule is O=C(Cn1[nH]c2ccccc2c1=O)N1CCC[C@H](CO)C1. The highest BCUT2D eigenvalue weighted by atomic mass is 16.3. The molecule has 3 rings (SSSR count). The quantitative estimate of drug-likeness (QED) is 0.866. The van der Waals surface area contributed by atoms with Gasteiger partial charge in [-0.05, 0) is 30.9 Å². The van der Waals surface area contributed by atoms with Crippen molar-refractivity contribution in [3.05, 3.63) is 34.6 Å². The fourth-order valence-corrected chi connectivity index (χ4v) is 2.90. The van der Waals surface area contributed by atoms with Crippen LogP contribution in [0.25, 0.3) is 10.9 Å². The Morgan fingerprint density at radius 3 is 2.95 bits per heavy atom. The lowest BCUT2D eigenvalue weighted by molar-refractivity contribution is -0.134. The average molecular weight is 289 g/mol. The molecular formula is C15H19N3O3. The summed E-state index contributed by atoms with van der Waals surface area (Å²) in [5, 5.41) is 12.8. The first kappa shape index (κ1) is 13.9. The van der Waals surface area contributed by atoms with Gasteiger partial charge in [0.2, 0.25) is 5.91 Å². The predicted molar refractivity (Wildman–Crippen MR) is 78.9 cm³/mol. The normalized spacial score (nSPS) is 19.1.